The average molecular weight is 521 g/mol. The monoisotopic (exact) mass is 520 g/mol. The summed E-state index contributed by atoms with van der Waals surface area (Å²) in [4.78, 5) is 0. The van der Waals surface area contributed by atoms with Gasteiger partial charge in [0, 0.05) is 5.56 Å². The fourth-order valence-electron chi connectivity index (χ4n) is 5.18. The van der Waals surface area contributed by atoms with Gasteiger partial charge in [0.1, 0.15) is 17.2 Å². The van der Waals surface area contributed by atoms with E-state index in [0.29, 0.717) is 35.6 Å². The van der Waals surface area contributed by atoms with Gasteiger partial charge in [-0.15, -0.1) is 0 Å². The van der Waals surface area contributed by atoms with E-state index in [4.69, 9.17) is 0 Å². The maximum Gasteiger partial charge on any atom is 0.422 e. The van der Waals surface area contributed by atoms with Crippen LogP contribution in [0.25, 0.3) is 11.1 Å². The van der Waals surface area contributed by atoms with Gasteiger partial charge in [0.05, 0.1) is 0 Å². The molecule has 0 heterocycles. The van der Waals surface area contributed by atoms with Crippen LogP contribution in [-0.2, 0) is 19.0 Å². The van der Waals surface area contributed by atoms with Gasteiger partial charge in [-0.2, -0.15) is 13.2 Å². The van der Waals surface area contributed by atoms with Crippen LogP contribution in [0.5, 0.6) is 0 Å². The largest absolute Gasteiger partial charge is 0.422 e. The maximum atomic E-state index is 15.0. The molecule has 196 valence electrons. The highest BCUT2D eigenvalue weighted by molar-refractivity contribution is 5.65. The lowest BCUT2D eigenvalue weighted by Crippen LogP contribution is -2.13. The van der Waals surface area contributed by atoms with Gasteiger partial charge >= 0.3 is 6.18 Å². The quantitative estimate of drug-likeness (QED) is 0.224. The Morgan fingerprint density at radius 3 is 1.92 bits per heavy atom. The van der Waals surface area contributed by atoms with Gasteiger partial charge in [-0.25, -0.2) is 17.6 Å². The summed E-state index contributed by atoms with van der Waals surface area (Å²) >= 11 is 0. The number of halogens is 7. The van der Waals surface area contributed by atoms with Crippen molar-refractivity contribution in [1.29, 1.82) is 0 Å². The third-order valence-electron chi connectivity index (χ3n) is 7.14. The van der Waals surface area contributed by atoms with Crippen molar-refractivity contribution in [2.24, 2.45) is 5.92 Å². The second-order valence-corrected chi connectivity index (χ2v) is 9.60. The molecule has 4 rings (SSSR count). The lowest BCUT2D eigenvalue weighted by atomic mass is 9.78. The van der Waals surface area contributed by atoms with E-state index in [9.17, 15) is 22.0 Å². The molecule has 1 aliphatic carbocycles. The molecule has 0 nitrogen and oxygen atoms in total. The third-order valence-corrected chi connectivity index (χ3v) is 7.14. The summed E-state index contributed by atoms with van der Waals surface area (Å²) in [5.74, 6) is -4.52. The van der Waals surface area contributed by atoms with E-state index in [1.54, 1.807) is 36.4 Å². The smallest absolute Gasteiger partial charge is 0.206 e. The van der Waals surface area contributed by atoms with Crippen molar-refractivity contribution in [3.8, 4) is 11.1 Å². The van der Waals surface area contributed by atoms with E-state index in [1.807, 2.05) is 13.0 Å². The van der Waals surface area contributed by atoms with Gasteiger partial charge < -0.3 is 0 Å². The molecule has 0 aromatic heterocycles. The highest BCUT2D eigenvalue weighted by atomic mass is 19.4. The molecule has 1 saturated carbocycles. The number of benzene rings is 3. The number of hydrogen-bond acceptors (Lipinski definition) is 0. The van der Waals surface area contributed by atoms with Crippen molar-refractivity contribution in [2.45, 2.75) is 57.5 Å². The first-order valence-electron chi connectivity index (χ1n) is 12.3. The predicted molar refractivity (Wildman–Crippen MR) is 130 cm³/mol. The van der Waals surface area contributed by atoms with Crippen LogP contribution in [0.3, 0.4) is 0 Å². The van der Waals surface area contributed by atoms with E-state index in [2.05, 4.69) is 6.08 Å². The van der Waals surface area contributed by atoms with Crippen molar-refractivity contribution in [1.82, 2.24) is 0 Å². The molecule has 0 aliphatic heterocycles. The van der Waals surface area contributed by atoms with Crippen molar-refractivity contribution in [3.05, 3.63) is 106 Å². The Morgan fingerprint density at radius 1 is 0.757 bits per heavy atom. The highest BCUT2D eigenvalue weighted by Gasteiger charge is 2.37. The van der Waals surface area contributed by atoms with E-state index in [-0.39, 0.29) is 23.5 Å². The Hall–Kier alpha value is -3.09. The van der Waals surface area contributed by atoms with Crippen LogP contribution in [0, 0.1) is 29.2 Å². The van der Waals surface area contributed by atoms with Crippen molar-refractivity contribution in [3.63, 3.8) is 0 Å². The van der Waals surface area contributed by atoms with Gasteiger partial charge in [0.15, 0.2) is 11.6 Å². The third kappa shape index (κ3) is 6.08. The lowest BCUT2D eigenvalue weighted by molar-refractivity contribution is -0.142. The maximum absolute atomic E-state index is 15.0. The Morgan fingerprint density at radius 2 is 1.35 bits per heavy atom. The number of allylic oxidation sites excluding steroid dienone is 2. The molecule has 3 aromatic carbocycles. The lowest BCUT2D eigenvalue weighted by Gasteiger charge is -2.27. The summed E-state index contributed by atoms with van der Waals surface area (Å²) in [6.07, 6.45) is 3.02. The van der Waals surface area contributed by atoms with Crippen LogP contribution in [0.15, 0.2) is 60.7 Å². The summed E-state index contributed by atoms with van der Waals surface area (Å²) < 4.78 is 95.9. The average Bonchev–Trinajstić information content (AvgIpc) is 2.84. The summed E-state index contributed by atoms with van der Waals surface area (Å²) in [6.45, 7) is 1.98. The summed E-state index contributed by atoms with van der Waals surface area (Å²) in [6, 6.07) is 11.2. The molecule has 0 unspecified atom stereocenters. The summed E-state index contributed by atoms with van der Waals surface area (Å²) in [7, 11) is 0. The van der Waals surface area contributed by atoms with E-state index in [1.165, 1.54) is 0 Å². The van der Waals surface area contributed by atoms with Gasteiger partial charge in [-0.05, 0) is 91.7 Å². The van der Waals surface area contributed by atoms with Crippen LogP contribution in [0.4, 0.5) is 30.7 Å². The SMILES string of the molecule is C/C=C/C1CCC(c2ccc(-c3ccc(CCc4cc(F)c(C(F)(F)F)c(F)c4)cc3)c(F)c2F)CC1. The molecule has 1 aliphatic rings. The minimum Gasteiger partial charge on any atom is -0.206 e. The molecule has 0 atom stereocenters. The zero-order valence-corrected chi connectivity index (χ0v) is 20.3. The second-order valence-electron chi connectivity index (χ2n) is 9.60. The molecular weight excluding hydrogens is 493 g/mol. The van der Waals surface area contributed by atoms with Gasteiger partial charge in [0.2, 0.25) is 0 Å². The molecule has 3 aromatic rings. The fraction of sp³-hybridized carbons (Fsp3) is 0.333. The van der Waals surface area contributed by atoms with Crippen LogP contribution in [-0.4, -0.2) is 0 Å². The zero-order chi connectivity index (χ0) is 26.7. The number of alkyl halides is 3. The first kappa shape index (κ1) is 27.0. The van der Waals surface area contributed by atoms with Crippen LogP contribution >= 0.6 is 0 Å². The Bertz CT molecular complexity index is 1240. The Kier molecular flexibility index (Phi) is 8.10. The van der Waals surface area contributed by atoms with Crippen molar-refractivity contribution < 1.29 is 30.7 Å². The molecular formula is C30H27F7. The van der Waals surface area contributed by atoms with Crippen LogP contribution in [0.1, 0.15) is 60.8 Å². The molecule has 0 saturated heterocycles. The first-order valence-corrected chi connectivity index (χ1v) is 12.3. The zero-order valence-electron chi connectivity index (χ0n) is 20.3. The van der Waals surface area contributed by atoms with Crippen molar-refractivity contribution in [2.75, 3.05) is 0 Å². The van der Waals surface area contributed by atoms with Crippen LogP contribution in [0.2, 0.25) is 0 Å². The van der Waals surface area contributed by atoms with Gasteiger partial charge in [-0.1, -0.05) is 48.6 Å². The number of rotatable bonds is 6. The van der Waals surface area contributed by atoms with Crippen LogP contribution < -0.4 is 0 Å². The normalized spacial score (nSPS) is 18.5. The molecule has 7 heteroatoms. The fourth-order valence-corrected chi connectivity index (χ4v) is 5.18. The predicted octanol–water partition coefficient (Wildman–Crippen LogP) is 9.56. The first-order chi connectivity index (χ1) is 17.6. The summed E-state index contributed by atoms with van der Waals surface area (Å²) in [5.41, 5.74) is -0.0391. The minimum atomic E-state index is -5.11. The van der Waals surface area contributed by atoms with E-state index < -0.39 is 35.0 Å². The molecule has 0 spiro atoms. The molecule has 0 N–H and O–H groups in total. The second kappa shape index (κ2) is 11.1. The van der Waals surface area contributed by atoms with Crippen molar-refractivity contribution >= 4 is 0 Å². The Labute approximate surface area is 211 Å². The molecule has 0 radical (unpaired) electrons. The highest BCUT2D eigenvalue weighted by Crippen LogP contribution is 2.39. The van der Waals surface area contributed by atoms with Gasteiger partial charge in [-0.3, -0.25) is 0 Å². The topological polar surface area (TPSA) is 0 Å². The van der Waals surface area contributed by atoms with E-state index in [0.717, 1.165) is 31.2 Å². The molecule has 0 amide bonds. The number of aryl methyl sites for hydroxylation is 2. The minimum absolute atomic E-state index is 0.00713. The van der Waals surface area contributed by atoms with Gasteiger partial charge in [0.25, 0.3) is 0 Å². The number of hydrogen-bond donors (Lipinski definition) is 0. The summed E-state index contributed by atoms with van der Waals surface area (Å²) in [5, 5.41) is 0. The Balaban J connectivity index is 1.44. The molecule has 37 heavy (non-hydrogen) atoms. The molecule has 1 fully saturated rings. The van der Waals surface area contributed by atoms with E-state index >= 15 is 8.78 Å². The standard InChI is InChI=1S/C30H27F7/c1-2-3-18-6-10-21(11-7-18)23-14-15-24(29(34)28(23)33)22-12-8-19(9-13-22)4-5-20-16-25(31)27(26(32)17-20)30(35,36)37/h2-3,8-9,12-18,21H,4-7,10-11H2,1H3/b3-2+. The molecule has 0 bridgehead atoms.